The Morgan fingerprint density at radius 2 is 2.00 bits per heavy atom. The van der Waals surface area contributed by atoms with Crippen LogP contribution in [0.5, 0.6) is 17.4 Å². The minimum Gasteiger partial charge on any atom is -0.490 e. The number of ether oxygens (including phenoxy) is 2. The third-order valence-electron chi connectivity index (χ3n) is 5.46. The van der Waals surface area contributed by atoms with Crippen molar-refractivity contribution in [3.05, 3.63) is 48.2 Å². The Kier molecular flexibility index (Phi) is 8.97. The molecule has 168 valence electrons. The van der Waals surface area contributed by atoms with Gasteiger partial charge in [0.2, 0.25) is 5.88 Å². The largest absolute Gasteiger partial charge is 0.490 e. The Morgan fingerprint density at radius 1 is 1.16 bits per heavy atom. The molecule has 31 heavy (non-hydrogen) atoms. The number of carbonyl (C=O) groups is 1. The summed E-state index contributed by atoms with van der Waals surface area (Å²) in [4.78, 5) is 18.9. The number of carbonyl (C=O) groups excluding carboxylic acids is 1. The molecule has 2 N–H and O–H groups in total. The topological polar surface area (TPSA) is 75.7 Å². The maximum absolute atomic E-state index is 12.0. The first-order chi connectivity index (χ1) is 15.2. The summed E-state index contributed by atoms with van der Waals surface area (Å²) in [6.07, 6.45) is 6.58. The van der Waals surface area contributed by atoms with E-state index in [0.29, 0.717) is 43.1 Å². The van der Waals surface area contributed by atoms with Gasteiger partial charge in [-0.15, -0.1) is 0 Å². The van der Waals surface area contributed by atoms with E-state index >= 15 is 0 Å². The normalized spacial score (nSPS) is 16.5. The first-order valence-corrected chi connectivity index (χ1v) is 11.3. The number of benzene rings is 1. The molecule has 1 fully saturated rings. The molecular weight excluding hydrogens is 392 g/mol. The molecule has 0 saturated carbocycles. The molecule has 2 amide bonds. The average molecular weight is 427 g/mol. The fourth-order valence-electron chi connectivity index (χ4n) is 3.72. The minimum absolute atomic E-state index is 0.155. The van der Waals surface area contributed by atoms with E-state index in [1.807, 2.05) is 37.3 Å². The zero-order chi connectivity index (χ0) is 21.9. The van der Waals surface area contributed by atoms with Crippen LogP contribution in [0.4, 0.5) is 4.79 Å². The van der Waals surface area contributed by atoms with E-state index in [2.05, 4.69) is 27.4 Å². The predicted octanol–water partition coefficient (Wildman–Crippen LogP) is 4.34. The van der Waals surface area contributed by atoms with E-state index in [0.717, 1.165) is 18.5 Å². The first kappa shape index (κ1) is 22.9. The second-order valence-electron chi connectivity index (χ2n) is 7.83. The number of nitrogens with zero attached hydrogens (tertiary/aromatic N) is 2. The van der Waals surface area contributed by atoms with Crippen molar-refractivity contribution in [1.29, 1.82) is 0 Å². The summed E-state index contributed by atoms with van der Waals surface area (Å²) in [6.45, 7) is 8.11. The smallest absolute Gasteiger partial charge is 0.315 e. The van der Waals surface area contributed by atoms with Crippen molar-refractivity contribution in [1.82, 2.24) is 20.5 Å². The van der Waals surface area contributed by atoms with Crippen LogP contribution < -0.4 is 20.1 Å². The Hall–Kier alpha value is -2.80. The first-order valence-electron chi connectivity index (χ1n) is 11.3. The monoisotopic (exact) mass is 426 g/mol. The maximum atomic E-state index is 12.0. The second kappa shape index (κ2) is 12.2. The highest BCUT2D eigenvalue weighted by molar-refractivity contribution is 5.73. The molecule has 1 atom stereocenters. The summed E-state index contributed by atoms with van der Waals surface area (Å²) in [7, 11) is 0. The van der Waals surface area contributed by atoms with Crippen LogP contribution >= 0.6 is 0 Å². The molecule has 0 aliphatic carbocycles. The van der Waals surface area contributed by atoms with E-state index in [9.17, 15) is 4.79 Å². The second-order valence-corrected chi connectivity index (χ2v) is 7.83. The summed E-state index contributed by atoms with van der Waals surface area (Å²) in [5.41, 5.74) is 0.905. The summed E-state index contributed by atoms with van der Waals surface area (Å²) in [5.74, 6) is 1.79. The van der Waals surface area contributed by atoms with Gasteiger partial charge in [0.05, 0.1) is 6.61 Å². The highest BCUT2D eigenvalue weighted by Crippen LogP contribution is 2.30. The predicted molar refractivity (Wildman–Crippen MR) is 122 cm³/mol. The fourth-order valence-corrected chi connectivity index (χ4v) is 3.72. The van der Waals surface area contributed by atoms with Crippen molar-refractivity contribution in [3.8, 4) is 17.4 Å². The Bertz CT molecular complexity index is 813. The van der Waals surface area contributed by atoms with Crippen molar-refractivity contribution in [2.45, 2.75) is 52.1 Å². The van der Waals surface area contributed by atoms with E-state index in [1.165, 1.54) is 25.8 Å². The number of piperidine rings is 1. The van der Waals surface area contributed by atoms with Gasteiger partial charge in [-0.05, 0) is 57.4 Å². The zero-order valence-corrected chi connectivity index (χ0v) is 18.6. The summed E-state index contributed by atoms with van der Waals surface area (Å²) < 4.78 is 11.4. The molecule has 1 saturated heterocycles. The zero-order valence-electron chi connectivity index (χ0n) is 18.6. The molecule has 3 rings (SSSR count). The molecule has 0 bridgehead atoms. The van der Waals surface area contributed by atoms with Gasteiger partial charge in [-0.1, -0.05) is 24.6 Å². The molecule has 1 aliphatic rings. The minimum atomic E-state index is -0.155. The van der Waals surface area contributed by atoms with E-state index in [-0.39, 0.29) is 6.03 Å². The Balaban J connectivity index is 1.36. The van der Waals surface area contributed by atoms with E-state index < -0.39 is 0 Å². The number of likely N-dealkylation sites (tertiary alicyclic amines) is 1. The average Bonchev–Trinajstić information content (AvgIpc) is 2.79. The highest BCUT2D eigenvalue weighted by Gasteiger charge is 2.17. The standard InChI is InChI=1S/C24H34N4O3/c1-3-30-21-10-4-5-11-22(21)31-23-13-12-20(17-26-23)18-27-24(29)25-14-8-16-28-15-7-6-9-19(28)2/h4-5,10-13,17,19H,3,6-9,14-16,18H2,1-2H3,(H2,25,27,29). The molecule has 2 heterocycles. The van der Waals surface area contributed by atoms with Crippen LogP contribution in [0.1, 0.15) is 45.1 Å². The highest BCUT2D eigenvalue weighted by atomic mass is 16.5. The Morgan fingerprint density at radius 3 is 2.74 bits per heavy atom. The van der Waals surface area contributed by atoms with Crippen molar-refractivity contribution in [2.24, 2.45) is 0 Å². The lowest BCUT2D eigenvalue weighted by Crippen LogP contribution is -2.40. The molecule has 1 aliphatic heterocycles. The van der Waals surface area contributed by atoms with Crippen LogP contribution in [0, 0.1) is 0 Å². The van der Waals surface area contributed by atoms with Crippen molar-refractivity contribution in [3.63, 3.8) is 0 Å². The number of amides is 2. The fraction of sp³-hybridized carbons (Fsp3) is 0.500. The third kappa shape index (κ3) is 7.43. The number of pyridine rings is 1. The number of hydrogen-bond acceptors (Lipinski definition) is 5. The van der Waals surface area contributed by atoms with Gasteiger partial charge in [0.1, 0.15) is 0 Å². The van der Waals surface area contributed by atoms with Crippen molar-refractivity contribution in [2.75, 3.05) is 26.2 Å². The molecule has 7 heteroatoms. The number of nitrogens with one attached hydrogen (secondary N) is 2. The van der Waals surface area contributed by atoms with Gasteiger partial charge in [-0.3, -0.25) is 0 Å². The maximum Gasteiger partial charge on any atom is 0.315 e. The van der Waals surface area contributed by atoms with Crippen molar-refractivity contribution < 1.29 is 14.3 Å². The lowest BCUT2D eigenvalue weighted by molar-refractivity contribution is 0.159. The van der Waals surface area contributed by atoms with Crippen LogP contribution in [0.25, 0.3) is 0 Å². The molecule has 0 spiro atoms. The van der Waals surface area contributed by atoms with Crippen LogP contribution in [-0.2, 0) is 6.54 Å². The molecule has 1 aromatic heterocycles. The van der Waals surface area contributed by atoms with Crippen LogP contribution in [-0.4, -0.2) is 48.2 Å². The molecule has 1 aromatic carbocycles. The van der Waals surface area contributed by atoms with Crippen LogP contribution in [0.3, 0.4) is 0 Å². The van der Waals surface area contributed by atoms with Crippen molar-refractivity contribution >= 4 is 6.03 Å². The van der Waals surface area contributed by atoms with Gasteiger partial charge >= 0.3 is 6.03 Å². The lowest BCUT2D eigenvalue weighted by atomic mass is 10.0. The SMILES string of the molecule is CCOc1ccccc1Oc1ccc(CNC(=O)NCCCN2CCCCC2C)cn1. The van der Waals surface area contributed by atoms with Gasteiger partial charge in [-0.25, -0.2) is 9.78 Å². The number of rotatable bonds is 10. The summed E-state index contributed by atoms with van der Waals surface area (Å²) in [6, 6.07) is 11.7. The van der Waals surface area contributed by atoms with Crippen LogP contribution in [0.15, 0.2) is 42.6 Å². The lowest BCUT2D eigenvalue weighted by Gasteiger charge is -2.33. The van der Waals surface area contributed by atoms with Gasteiger partial charge < -0.3 is 25.0 Å². The molecule has 2 aromatic rings. The van der Waals surface area contributed by atoms with Gasteiger partial charge in [-0.2, -0.15) is 0 Å². The van der Waals surface area contributed by atoms with Gasteiger partial charge in [0.15, 0.2) is 11.5 Å². The molecule has 7 nitrogen and oxygen atoms in total. The van der Waals surface area contributed by atoms with Crippen LogP contribution in [0.2, 0.25) is 0 Å². The molecule has 0 radical (unpaired) electrons. The van der Waals surface area contributed by atoms with Gasteiger partial charge in [0.25, 0.3) is 0 Å². The third-order valence-corrected chi connectivity index (χ3v) is 5.46. The van der Waals surface area contributed by atoms with Gasteiger partial charge in [0, 0.05) is 37.9 Å². The molecular formula is C24H34N4O3. The quantitative estimate of drug-likeness (QED) is 0.553. The van der Waals surface area contributed by atoms with E-state index in [4.69, 9.17) is 9.47 Å². The summed E-state index contributed by atoms with van der Waals surface area (Å²) >= 11 is 0. The number of para-hydroxylation sites is 2. The number of hydrogen-bond donors (Lipinski definition) is 2. The van der Waals surface area contributed by atoms with E-state index in [1.54, 1.807) is 12.3 Å². The number of aromatic nitrogens is 1. The molecule has 1 unspecified atom stereocenters. The summed E-state index contributed by atoms with van der Waals surface area (Å²) in [5, 5.41) is 5.81. The number of urea groups is 1. The Labute approximate surface area is 185 Å².